The minimum atomic E-state index is -3.81. The minimum Gasteiger partial charge on any atom is -0.352 e. The Bertz CT molecular complexity index is 1180. The lowest BCUT2D eigenvalue weighted by atomic mass is 9.95. The van der Waals surface area contributed by atoms with Crippen molar-refractivity contribution in [2.75, 3.05) is 17.1 Å². The molecule has 1 fully saturated rings. The highest BCUT2D eigenvalue weighted by Crippen LogP contribution is 2.29. The van der Waals surface area contributed by atoms with Crippen LogP contribution in [0.4, 0.5) is 10.1 Å². The molecule has 202 valence electrons. The van der Waals surface area contributed by atoms with E-state index in [0.717, 1.165) is 48.2 Å². The van der Waals surface area contributed by atoms with Crippen molar-refractivity contribution >= 4 is 27.5 Å². The highest BCUT2D eigenvalue weighted by molar-refractivity contribution is 7.92. The first-order valence-corrected chi connectivity index (χ1v) is 14.7. The Morgan fingerprint density at radius 3 is 2.22 bits per heavy atom. The fraction of sp³-hybridized carbons (Fsp3) is 0.500. The van der Waals surface area contributed by atoms with Gasteiger partial charge in [-0.3, -0.25) is 13.9 Å². The molecule has 37 heavy (non-hydrogen) atoms. The van der Waals surface area contributed by atoms with Gasteiger partial charge in [-0.1, -0.05) is 63.4 Å². The molecule has 0 aliphatic heterocycles. The second-order valence-electron chi connectivity index (χ2n) is 10.2. The number of benzene rings is 2. The molecule has 0 unspecified atom stereocenters. The van der Waals surface area contributed by atoms with Gasteiger partial charge in [0, 0.05) is 12.6 Å². The molecule has 1 N–H and O–H groups in total. The number of rotatable bonds is 10. The maximum atomic E-state index is 13.7. The Morgan fingerprint density at radius 2 is 1.62 bits per heavy atom. The molecule has 0 spiro atoms. The number of hydrogen-bond donors (Lipinski definition) is 1. The summed E-state index contributed by atoms with van der Waals surface area (Å²) in [6, 6.07) is 12.0. The van der Waals surface area contributed by atoms with E-state index in [1.165, 1.54) is 17.0 Å². The summed E-state index contributed by atoms with van der Waals surface area (Å²) in [7, 11) is -3.81. The van der Waals surface area contributed by atoms with E-state index in [9.17, 15) is 22.4 Å². The number of nitrogens with one attached hydrogen (secondary N) is 1. The fourth-order valence-corrected chi connectivity index (χ4v) is 5.60. The van der Waals surface area contributed by atoms with E-state index in [-0.39, 0.29) is 24.4 Å². The maximum Gasteiger partial charge on any atom is 0.244 e. The van der Waals surface area contributed by atoms with E-state index >= 15 is 0 Å². The molecule has 1 aliphatic carbocycles. The molecule has 0 aromatic heterocycles. The molecular formula is C28H38FN3O4S. The number of anilines is 1. The van der Waals surface area contributed by atoms with Crippen molar-refractivity contribution in [3.8, 4) is 0 Å². The van der Waals surface area contributed by atoms with Crippen molar-refractivity contribution in [1.82, 2.24) is 10.2 Å². The summed E-state index contributed by atoms with van der Waals surface area (Å²) in [6.45, 7) is 5.15. The van der Waals surface area contributed by atoms with Crippen LogP contribution >= 0.6 is 0 Å². The minimum absolute atomic E-state index is 0.0334. The van der Waals surface area contributed by atoms with Gasteiger partial charge in [0.1, 0.15) is 18.4 Å². The zero-order valence-electron chi connectivity index (χ0n) is 22.1. The fourth-order valence-electron chi connectivity index (χ4n) is 4.74. The average Bonchev–Trinajstić information content (AvgIpc) is 2.86. The lowest BCUT2D eigenvalue weighted by Crippen LogP contribution is -2.53. The number of carbonyl (C=O) groups is 2. The normalized spacial score (nSPS) is 15.3. The van der Waals surface area contributed by atoms with Crippen LogP contribution in [0.1, 0.15) is 69.9 Å². The summed E-state index contributed by atoms with van der Waals surface area (Å²) < 4.78 is 40.3. The van der Waals surface area contributed by atoms with Gasteiger partial charge in [-0.2, -0.15) is 0 Å². The second kappa shape index (κ2) is 12.5. The summed E-state index contributed by atoms with van der Waals surface area (Å²) >= 11 is 0. The van der Waals surface area contributed by atoms with E-state index in [4.69, 9.17) is 0 Å². The molecular weight excluding hydrogens is 493 g/mol. The summed E-state index contributed by atoms with van der Waals surface area (Å²) in [5, 5.41) is 3.06. The van der Waals surface area contributed by atoms with Crippen LogP contribution in [0, 0.1) is 5.82 Å². The third-order valence-corrected chi connectivity index (χ3v) is 8.02. The van der Waals surface area contributed by atoms with Crippen LogP contribution in [0.25, 0.3) is 0 Å². The molecule has 2 aromatic carbocycles. The summed E-state index contributed by atoms with van der Waals surface area (Å²) in [6.07, 6.45) is 6.12. The first-order valence-electron chi connectivity index (χ1n) is 12.9. The Labute approximate surface area is 220 Å². The molecule has 0 saturated heterocycles. The van der Waals surface area contributed by atoms with Gasteiger partial charge in [-0.15, -0.1) is 0 Å². The van der Waals surface area contributed by atoms with Crippen molar-refractivity contribution in [3.63, 3.8) is 0 Å². The maximum absolute atomic E-state index is 13.7. The Morgan fingerprint density at radius 1 is 1.00 bits per heavy atom. The molecule has 1 aliphatic rings. The lowest BCUT2D eigenvalue weighted by molar-refractivity contribution is -0.139. The van der Waals surface area contributed by atoms with Crippen LogP contribution in [0.5, 0.6) is 0 Å². The van der Waals surface area contributed by atoms with Crippen LogP contribution in [0.3, 0.4) is 0 Å². The SMILES string of the molecule is CC(C)c1ccccc1N(CC(=O)N(Cc1ccc(F)cc1)[C@@H](C)C(=O)NC1CCCCC1)S(C)(=O)=O. The highest BCUT2D eigenvalue weighted by Gasteiger charge is 2.32. The average molecular weight is 532 g/mol. The van der Waals surface area contributed by atoms with E-state index in [2.05, 4.69) is 5.32 Å². The number of hydrogen-bond acceptors (Lipinski definition) is 4. The summed E-state index contributed by atoms with van der Waals surface area (Å²) in [5.74, 6) is -1.17. The molecule has 7 nitrogen and oxygen atoms in total. The molecule has 1 saturated carbocycles. The van der Waals surface area contributed by atoms with Gasteiger partial charge in [0.25, 0.3) is 0 Å². The zero-order chi connectivity index (χ0) is 27.2. The van der Waals surface area contributed by atoms with E-state index in [1.54, 1.807) is 31.2 Å². The number of halogens is 1. The predicted octanol–water partition coefficient (Wildman–Crippen LogP) is 4.58. The van der Waals surface area contributed by atoms with Crippen LogP contribution in [0.2, 0.25) is 0 Å². The third kappa shape index (κ3) is 7.77. The van der Waals surface area contributed by atoms with Crippen LogP contribution < -0.4 is 9.62 Å². The highest BCUT2D eigenvalue weighted by atomic mass is 32.2. The third-order valence-electron chi connectivity index (χ3n) is 6.89. The Hall–Kier alpha value is -2.94. The van der Waals surface area contributed by atoms with E-state index in [0.29, 0.717) is 11.3 Å². The number of nitrogens with zero attached hydrogens (tertiary/aromatic N) is 2. The van der Waals surface area contributed by atoms with Gasteiger partial charge < -0.3 is 10.2 Å². The first-order chi connectivity index (χ1) is 17.5. The van der Waals surface area contributed by atoms with Gasteiger partial charge >= 0.3 is 0 Å². The molecule has 2 amide bonds. The molecule has 0 bridgehead atoms. The lowest BCUT2D eigenvalue weighted by Gasteiger charge is -2.33. The summed E-state index contributed by atoms with van der Waals surface area (Å²) in [4.78, 5) is 28.3. The van der Waals surface area contributed by atoms with Gasteiger partial charge in [0.05, 0.1) is 11.9 Å². The topological polar surface area (TPSA) is 86.8 Å². The quantitative estimate of drug-likeness (QED) is 0.486. The standard InChI is InChI=1S/C28H38FN3O4S/c1-20(2)25-12-8-9-13-26(25)32(37(4,35)36)19-27(33)31(18-22-14-16-23(29)17-15-22)21(3)28(34)30-24-10-6-5-7-11-24/h8-9,12-17,20-21,24H,5-7,10-11,18-19H2,1-4H3,(H,30,34)/t21-/m0/s1. The van der Waals surface area contributed by atoms with Crippen molar-refractivity contribution in [2.24, 2.45) is 0 Å². The van der Waals surface area contributed by atoms with Crippen molar-refractivity contribution in [2.45, 2.75) is 77.4 Å². The number of carbonyl (C=O) groups excluding carboxylic acids is 2. The second-order valence-corrected chi connectivity index (χ2v) is 12.1. The van der Waals surface area contributed by atoms with Gasteiger partial charge in [-0.25, -0.2) is 12.8 Å². The zero-order valence-corrected chi connectivity index (χ0v) is 22.9. The Balaban J connectivity index is 1.91. The Kier molecular flexibility index (Phi) is 9.70. The number of amides is 2. The first kappa shape index (κ1) is 28.6. The monoisotopic (exact) mass is 531 g/mol. The molecule has 0 radical (unpaired) electrons. The van der Waals surface area contributed by atoms with Crippen LogP contribution in [0.15, 0.2) is 48.5 Å². The van der Waals surface area contributed by atoms with Gasteiger partial charge in [0.2, 0.25) is 21.8 Å². The summed E-state index contributed by atoms with van der Waals surface area (Å²) in [5.41, 5.74) is 1.88. The van der Waals surface area contributed by atoms with E-state index in [1.807, 2.05) is 26.0 Å². The van der Waals surface area contributed by atoms with Crippen LogP contribution in [-0.2, 0) is 26.2 Å². The largest absolute Gasteiger partial charge is 0.352 e. The molecule has 9 heteroatoms. The van der Waals surface area contributed by atoms with Gasteiger partial charge in [0.15, 0.2) is 0 Å². The number of sulfonamides is 1. The van der Waals surface area contributed by atoms with Crippen molar-refractivity contribution in [3.05, 3.63) is 65.5 Å². The van der Waals surface area contributed by atoms with E-state index < -0.39 is 34.3 Å². The molecule has 0 heterocycles. The molecule has 2 aromatic rings. The molecule has 3 rings (SSSR count). The smallest absolute Gasteiger partial charge is 0.244 e. The van der Waals surface area contributed by atoms with Crippen LogP contribution in [-0.4, -0.2) is 50.0 Å². The number of para-hydroxylation sites is 1. The molecule has 1 atom stereocenters. The van der Waals surface area contributed by atoms with Gasteiger partial charge in [-0.05, 0) is 55.0 Å². The van der Waals surface area contributed by atoms with Crippen molar-refractivity contribution in [1.29, 1.82) is 0 Å². The predicted molar refractivity (Wildman–Crippen MR) is 144 cm³/mol. The van der Waals surface area contributed by atoms with Crippen molar-refractivity contribution < 1.29 is 22.4 Å².